The van der Waals surface area contributed by atoms with E-state index in [0.717, 1.165) is 5.75 Å². The summed E-state index contributed by atoms with van der Waals surface area (Å²) in [6.07, 6.45) is 0. The van der Waals surface area contributed by atoms with Crippen molar-refractivity contribution in [2.45, 2.75) is 26.0 Å². The van der Waals surface area contributed by atoms with Crippen LogP contribution in [0.3, 0.4) is 0 Å². The van der Waals surface area contributed by atoms with E-state index in [1.54, 1.807) is 6.92 Å². The van der Waals surface area contributed by atoms with Crippen molar-refractivity contribution in [3.63, 3.8) is 0 Å². The van der Waals surface area contributed by atoms with Gasteiger partial charge in [0, 0.05) is 5.25 Å². The number of carbonyl (C=O) groups excluding carboxylic acids is 1. The van der Waals surface area contributed by atoms with E-state index in [4.69, 9.17) is 5.11 Å². The third-order valence-electron chi connectivity index (χ3n) is 1.60. The summed E-state index contributed by atoms with van der Waals surface area (Å²) in [6.45, 7) is 5.04. The molecule has 4 heteroatoms. The maximum atomic E-state index is 10.9. The molecule has 0 bridgehead atoms. The predicted molar refractivity (Wildman–Crippen MR) is 49.4 cm³/mol. The number of hydrogen-bond donors (Lipinski definition) is 1. The Hall–Kier alpha value is -0.510. The van der Waals surface area contributed by atoms with Gasteiger partial charge < -0.3 is 5.11 Å². The first kappa shape index (κ1) is 11.5. The maximum Gasteiger partial charge on any atom is 0.315 e. The normalized spacial score (nSPS) is 15.2. The van der Waals surface area contributed by atoms with Crippen molar-refractivity contribution in [1.82, 2.24) is 0 Å². The molecule has 0 aliphatic heterocycles. The van der Waals surface area contributed by atoms with Crippen LogP contribution in [0, 0.1) is 5.92 Å². The van der Waals surface area contributed by atoms with Crippen molar-refractivity contribution < 1.29 is 14.7 Å². The summed E-state index contributed by atoms with van der Waals surface area (Å²) in [5.74, 6) is -1.31. The Labute approximate surface area is 76.5 Å². The van der Waals surface area contributed by atoms with Crippen molar-refractivity contribution in [2.24, 2.45) is 5.92 Å². The molecule has 12 heavy (non-hydrogen) atoms. The molecule has 0 saturated carbocycles. The lowest BCUT2D eigenvalue weighted by atomic mass is 10.0. The van der Waals surface area contributed by atoms with Crippen molar-refractivity contribution in [2.75, 3.05) is 5.75 Å². The minimum absolute atomic E-state index is 0.134. The Morgan fingerprint density at radius 1 is 1.50 bits per heavy atom. The lowest BCUT2D eigenvalue weighted by molar-refractivity contribution is -0.145. The molecule has 0 aromatic carbocycles. The van der Waals surface area contributed by atoms with Crippen molar-refractivity contribution >= 4 is 23.5 Å². The molecular weight excluding hydrogens is 176 g/mol. The molecule has 0 heterocycles. The first-order chi connectivity index (χ1) is 5.50. The molecule has 0 spiro atoms. The van der Waals surface area contributed by atoms with Crippen molar-refractivity contribution in [3.05, 3.63) is 0 Å². The SMILES string of the molecule is CCSC(C)C(C(C)=O)C(=O)O. The highest BCUT2D eigenvalue weighted by Gasteiger charge is 2.28. The fourth-order valence-corrected chi connectivity index (χ4v) is 2.09. The number of carbonyl (C=O) groups is 2. The minimum atomic E-state index is -1.02. The van der Waals surface area contributed by atoms with Crippen LogP contribution in [0.4, 0.5) is 0 Å². The van der Waals surface area contributed by atoms with Crippen LogP contribution in [0.15, 0.2) is 0 Å². The lowest BCUT2D eigenvalue weighted by Crippen LogP contribution is -2.30. The quantitative estimate of drug-likeness (QED) is 0.666. The zero-order valence-corrected chi connectivity index (χ0v) is 8.35. The van der Waals surface area contributed by atoms with Crippen molar-refractivity contribution in [1.29, 1.82) is 0 Å². The Bertz CT molecular complexity index is 165. The second-order valence-corrected chi connectivity index (χ2v) is 4.24. The molecule has 1 N–H and O–H groups in total. The number of hydrogen-bond acceptors (Lipinski definition) is 3. The van der Waals surface area contributed by atoms with E-state index in [0.29, 0.717) is 0 Å². The Morgan fingerprint density at radius 2 is 2.00 bits per heavy atom. The predicted octanol–water partition coefficient (Wildman–Crippen LogP) is 1.42. The average Bonchev–Trinajstić information content (AvgIpc) is 1.85. The Kier molecular flexibility index (Phi) is 4.97. The summed E-state index contributed by atoms with van der Waals surface area (Å²) in [6, 6.07) is 0. The van der Waals surface area contributed by atoms with Gasteiger partial charge in [-0.1, -0.05) is 13.8 Å². The van der Waals surface area contributed by atoms with Crippen LogP contribution in [0.25, 0.3) is 0 Å². The molecule has 0 fully saturated rings. The molecule has 0 rings (SSSR count). The zero-order valence-electron chi connectivity index (χ0n) is 7.53. The molecule has 0 radical (unpaired) electrons. The first-order valence-electron chi connectivity index (χ1n) is 3.85. The molecule has 0 aliphatic carbocycles. The molecule has 70 valence electrons. The molecule has 0 aliphatic rings. The number of ketones is 1. The molecule has 0 saturated heterocycles. The van der Waals surface area contributed by atoms with Gasteiger partial charge in [-0.2, -0.15) is 11.8 Å². The van der Waals surface area contributed by atoms with E-state index in [1.807, 2.05) is 6.92 Å². The third kappa shape index (κ3) is 3.26. The average molecular weight is 190 g/mol. The number of aliphatic carboxylic acids is 1. The second kappa shape index (κ2) is 5.19. The van der Waals surface area contributed by atoms with E-state index in [1.165, 1.54) is 18.7 Å². The van der Waals surface area contributed by atoms with Gasteiger partial charge in [0.25, 0.3) is 0 Å². The van der Waals surface area contributed by atoms with Crippen LogP contribution in [0.1, 0.15) is 20.8 Å². The van der Waals surface area contributed by atoms with E-state index < -0.39 is 11.9 Å². The number of thioether (sulfide) groups is 1. The van der Waals surface area contributed by atoms with Gasteiger partial charge >= 0.3 is 5.97 Å². The van der Waals surface area contributed by atoms with Gasteiger partial charge in [-0.3, -0.25) is 9.59 Å². The topological polar surface area (TPSA) is 54.4 Å². The summed E-state index contributed by atoms with van der Waals surface area (Å²) in [5, 5.41) is 8.57. The number of carboxylic acid groups (broad SMARTS) is 1. The molecule has 3 nitrogen and oxygen atoms in total. The van der Waals surface area contributed by atoms with Crippen LogP contribution in [-0.2, 0) is 9.59 Å². The van der Waals surface area contributed by atoms with Gasteiger partial charge in [0.2, 0.25) is 0 Å². The maximum absolute atomic E-state index is 10.9. The van der Waals surface area contributed by atoms with Gasteiger partial charge in [0.1, 0.15) is 11.7 Å². The largest absolute Gasteiger partial charge is 0.481 e. The summed E-state index contributed by atoms with van der Waals surface area (Å²) in [5.41, 5.74) is 0. The smallest absolute Gasteiger partial charge is 0.315 e. The fraction of sp³-hybridized carbons (Fsp3) is 0.750. The van der Waals surface area contributed by atoms with E-state index in [-0.39, 0.29) is 11.0 Å². The van der Waals surface area contributed by atoms with Gasteiger partial charge in [-0.05, 0) is 12.7 Å². The molecule has 0 amide bonds. The molecule has 2 unspecified atom stereocenters. The Morgan fingerprint density at radius 3 is 2.25 bits per heavy atom. The monoisotopic (exact) mass is 190 g/mol. The van der Waals surface area contributed by atoms with Crippen LogP contribution in [0.2, 0.25) is 0 Å². The van der Waals surface area contributed by atoms with Gasteiger partial charge in [-0.25, -0.2) is 0 Å². The van der Waals surface area contributed by atoms with Crippen LogP contribution >= 0.6 is 11.8 Å². The van der Waals surface area contributed by atoms with Crippen LogP contribution in [0.5, 0.6) is 0 Å². The summed E-state index contributed by atoms with van der Waals surface area (Å²) < 4.78 is 0. The van der Waals surface area contributed by atoms with Gasteiger partial charge in [0.05, 0.1) is 0 Å². The van der Waals surface area contributed by atoms with Gasteiger partial charge in [0.15, 0.2) is 0 Å². The number of Topliss-reactive ketones (excluding diaryl/α,β-unsaturated/α-hetero) is 1. The van der Waals surface area contributed by atoms with E-state index >= 15 is 0 Å². The summed E-state index contributed by atoms with van der Waals surface area (Å²) >= 11 is 1.49. The van der Waals surface area contributed by atoms with Crippen LogP contribution < -0.4 is 0 Å². The molecule has 2 atom stereocenters. The molecule has 0 aromatic rings. The summed E-state index contributed by atoms with van der Waals surface area (Å²) in [7, 11) is 0. The minimum Gasteiger partial charge on any atom is -0.481 e. The van der Waals surface area contributed by atoms with Crippen LogP contribution in [-0.4, -0.2) is 27.9 Å². The molecule has 0 aromatic heterocycles. The highest BCUT2D eigenvalue weighted by atomic mass is 32.2. The number of carboxylic acids is 1. The standard InChI is InChI=1S/C8H14O3S/c1-4-12-6(3)7(5(2)9)8(10)11/h6-7H,4H2,1-3H3,(H,10,11). The zero-order chi connectivity index (χ0) is 9.72. The second-order valence-electron chi connectivity index (χ2n) is 2.59. The van der Waals surface area contributed by atoms with E-state index in [9.17, 15) is 9.59 Å². The highest BCUT2D eigenvalue weighted by Crippen LogP contribution is 2.20. The number of rotatable bonds is 5. The van der Waals surface area contributed by atoms with Crippen molar-refractivity contribution in [3.8, 4) is 0 Å². The third-order valence-corrected chi connectivity index (χ3v) is 2.73. The first-order valence-corrected chi connectivity index (χ1v) is 4.90. The van der Waals surface area contributed by atoms with Gasteiger partial charge in [-0.15, -0.1) is 0 Å². The lowest BCUT2D eigenvalue weighted by Gasteiger charge is -2.15. The summed E-state index contributed by atoms with van der Waals surface area (Å²) in [4.78, 5) is 21.5. The highest BCUT2D eigenvalue weighted by molar-refractivity contribution is 7.99. The van der Waals surface area contributed by atoms with E-state index in [2.05, 4.69) is 0 Å². The fourth-order valence-electron chi connectivity index (χ4n) is 1.06. The Balaban J connectivity index is 4.29. The molecular formula is C8H14O3S.